The van der Waals surface area contributed by atoms with Gasteiger partial charge >= 0.3 is 0 Å². The second-order valence-corrected chi connectivity index (χ2v) is 6.98. The number of amides is 3. The standard InChI is InChI=1S/C19H16N6O3/c20-15-9-24-8-13(21-6-16(24)22-15)10-1-2-12-11(5-10)7-25(19(12)28)14-3-4-17(26)23-18(14)27/h1-2,5-6,8-9,14H,3-4,7,20H2,(H,23,26,27). The van der Waals surface area contributed by atoms with E-state index in [0.717, 1.165) is 16.8 Å². The minimum Gasteiger partial charge on any atom is -0.382 e. The minimum atomic E-state index is -0.621. The first-order valence-electron chi connectivity index (χ1n) is 8.88. The number of aromatic nitrogens is 3. The number of carbonyl (C=O) groups is 3. The number of nitrogen functional groups attached to an aromatic ring is 1. The van der Waals surface area contributed by atoms with E-state index in [0.29, 0.717) is 30.0 Å². The highest BCUT2D eigenvalue weighted by Crippen LogP contribution is 2.30. The van der Waals surface area contributed by atoms with Gasteiger partial charge < -0.3 is 15.0 Å². The second kappa shape index (κ2) is 5.88. The molecule has 5 rings (SSSR count). The van der Waals surface area contributed by atoms with Gasteiger partial charge in [-0.3, -0.25) is 24.7 Å². The molecule has 3 N–H and O–H groups in total. The topological polar surface area (TPSA) is 123 Å². The number of nitrogens with zero attached hydrogens (tertiary/aromatic N) is 4. The van der Waals surface area contributed by atoms with Crippen LogP contribution in [0.15, 0.2) is 36.8 Å². The number of anilines is 1. The van der Waals surface area contributed by atoms with Crippen LogP contribution in [0.25, 0.3) is 16.9 Å². The lowest BCUT2D eigenvalue weighted by Gasteiger charge is -2.29. The average molecular weight is 376 g/mol. The van der Waals surface area contributed by atoms with E-state index in [4.69, 9.17) is 5.73 Å². The highest BCUT2D eigenvalue weighted by atomic mass is 16.2. The maximum atomic E-state index is 12.8. The Morgan fingerprint density at radius 1 is 1.18 bits per heavy atom. The number of nitrogens with two attached hydrogens (primary N) is 1. The van der Waals surface area contributed by atoms with Crippen molar-refractivity contribution < 1.29 is 14.4 Å². The fraction of sp³-hybridized carbons (Fsp3) is 0.211. The Morgan fingerprint density at radius 3 is 2.86 bits per heavy atom. The average Bonchev–Trinajstić information content (AvgIpc) is 3.20. The van der Waals surface area contributed by atoms with Gasteiger partial charge in [-0.05, 0) is 24.1 Å². The van der Waals surface area contributed by atoms with E-state index in [1.807, 2.05) is 18.3 Å². The molecule has 2 aliphatic rings. The molecule has 3 amide bonds. The van der Waals surface area contributed by atoms with Crippen molar-refractivity contribution in [2.24, 2.45) is 0 Å². The predicted molar refractivity (Wildman–Crippen MR) is 98.9 cm³/mol. The fourth-order valence-corrected chi connectivity index (χ4v) is 3.80. The molecule has 0 aliphatic carbocycles. The largest absolute Gasteiger partial charge is 0.382 e. The molecule has 2 aromatic heterocycles. The van der Waals surface area contributed by atoms with E-state index in [-0.39, 0.29) is 18.2 Å². The van der Waals surface area contributed by atoms with E-state index >= 15 is 0 Å². The Hall–Kier alpha value is -3.75. The Morgan fingerprint density at radius 2 is 2.04 bits per heavy atom. The first kappa shape index (κ1) is 16.4. The van der Waals surface area contributed by atoms with E-state index in [1.54, 1.807) is 22.9 Å². The van der Waals surface area contributed by atoms with Crippen LogP contribution in [-0.4, -0.2) is 43.0 Å². The van der Waals surface area contributed by atoms with Crippen LogP contribution >= 0.6 is 0 Å². The van der Waals surface area contributed by atoms with Gasteiger partial charge in [0.15, 0.2) is 5.65 Å². The summed E-state index contributed by atoms with van der Waals surface area (Å²) in [6, 6.07) is 4.88. The van der Waals surface area contributed by atoms with E-state index in [2.05, 4.69) is 15.3 Å². The van der Waals surface area contributed by atoms with Crippen LogP contribution in [0, 0.1) is 0 Å². The molecule has 1 unspecified atom stereocenters. The SMILES string of the molecule is Nc1cn2cc(-c3ccc4c(c3)CN(C3CCC(=O)NC3=O)C4=O)ncc2n1. The van der Waals surface area contributed by atoms with Crippen molar-refractivity contribution in [3.63, 3.8) is 0 Å². The molecule has 0 saturated carbocycles. The quantitative estimate of drug-likeness (QED) is 0.636. The van der Waals surface area contributed by atoms with E-state index < -0.39 is 11.9 Å². The highest BCUT2D eigenvalue weighted by molar-refractivity contribution is 6.05. The summed E-state index contributed by atoms with van der Waals surface area (Å²) in [4.78, 5) is 46.4. The number of nitrogens with one attached hydrogen (secondary N) is 1. The Kier molecular flexibility index (Phi) is 3.45. The molecule has 1 saturated heterocycles. The molecule has 0 bridgehead atoms. The van der Waals surface area contributed by atoms with Gasteiger partial charge in [-0.1, -0.05) is 6.07 Å². The van der Waals surface area contributed by atoms with Crippen LogP contribution in [0.2, 0.25) is 0 Å². The van der Waals surface area contributed by atoms with Crippen molar-refractivity contribution in [3.05, 3.63) is 47.9 Å². The molecule has 9 nitrogen and oxygen atoms in total. The van der Waals surface area contributed by atoms with Crippen LogP contribution in [0.1, 0.15) is 28.8 Å². The lowest BCUT2D eigenvalue weighted by atomic mass is 10.0. The molecular formula is C19H16N6O3. The highest BCUT2D eigenvalue weighted by Gasteiger charge is 2.39. The number of imide groups is 1. The maximum absolute atomic E-state index is 12.8. The third kappa shape index (κ3) is 2.51. The van der Waals surface area contributed by atoms with Gasteiger partial charge in [-0.25, -0.2) is 4.98 Å². The summed E-state index contributed by atoms with van der Waals surface area (Å²) in [6.07, 6.45) is 5.76. The van der Waals surface area contributed by atoms with Gasteiger partial charge in [-0.15, -0.1) is 0 Å². The minimum absolute atomic E-state index is 0.193. The van der Waals surface area contributed by atoms with Crippen molar-refractivity contribution in [3.8, 4) is 11.3 Å². The Bertz CT molecular complexity index is 1170. The van der Waals surface area contributed by atoms with Crippen molar-refractivity contribution in [1.82, 2.24) is 24.6 Å². The summed E-state index contributed by atoms with van der Waals surface area (Å²) in [5.74, 6) is -0.489. The Labute approximate surface area is 159 Å². The first-order chi connectivity index (χ1) is 13.5. The summed E-state index contributed by atoms with van der Waals surface area (Å²) in [7, 11) is 0. The van der Waals surface area contributed by atoms with Gasteiger partial charge in [0.1, 0.15) is 11.9 Å². The molecule has 9 heteroatoms. The van der Waals surface area contributed by atoms with Crippen LogP contribution in [0.4, 0.5) is 5.82 Å². The number of hydrogen-bond acceptors (Lipinski definition) is 6. The third-order valence-corrected chi connectivity index (χ3v) is 5.18. The number of piperidine rings is 1. The number of rotatable bonds is 2. The van der Waals surface area contributed by atoms with Crippen LogP contribution < -0.4 is 11.1 Å². The summed E-state index contributed by atoms with van der Waals surface area (Å²) in [5, 5.41) is 2.31. The van der Waals surface area contributed by atoms with Crippen LogP contribution in [0.3, 0.4) is 0 Å². The zero-order chi connectivity index (χ0) is 19.4. The molecule has 1 aromatic carbocycles. The number of benzene rings is 1. The molecule has 0 radical (unpaired) electrons. The summed E-state index contributed by atoms with van der Waals surface area (Å²) >= 11 is 0. The van der Waals surface area contributed by atoms with Gasteiger partial charge in [0, 0.05) is 30.3 Å². The molecule has 3 aromatic rings. The molecule has 0 spiro atoms. The molecule has 1 atom stereocenters. The lowest BCUT2D eigenvalue weighted by Crippen LogP contribution is -2.52. The Balaban J connectivity index is 1.46. The predicted octanol–water partition coefficient (Wildman–Crippen LogP) is 0.739. The molecule has 4 heterocycles. The molecular weight excluding hydrogens is 360 g/mol. The number of hydrogen-bond donors (Lipinski definition) is 2. The van der Waals surface area contributed by atoms with Gasteiger partial charge in [0.25, 0.3) is 5.91 Å². The zero-order valence-electron chi connectivity index (χ0n) is 14.8. The smallest absolute Gasteiger partial charge is 0.255 e. The monoisotopic (exact) mass is 376 g/mol. The van der Waals surface area contributed by atoms with Crippen LogP contribution in [-0.2, 0) is 16.1 Å². The van der Waals surface area contributed by atoms with Gasteiger partial charge in [-0.2, -0.15) is 0 Å². The number of imidazole rings is 1. The number of carbonyl (C=O) groups excluding carboxylic acids is 3. The van der Waals surface area contributed by atoms with Crippen molar-refractivity contribution in [2.75, 3.05) is 5.73 Å². The summed E-state index contributed by atoms with van der Waals surface area (Å²) < 4.78 is 1.80. The van der Waals surface area contributed by atoms with Crippen molar-refractivity contribution in [1.29, 1.82) is 0 Å². The molecule has 2 aliphatic heterocycles. The van der Waals surface area contributed by atoms with Gasteiger partial charge in [0.05, 0.1) is 18.1 Å². The zero-order valence-corrected chi connectivity index (χ0v) is 14.8. The van der Waals surface area contributed by atoms with Crippen LogP contribution in [0.5, 0.6) is 0 Å². The molecule has 1 fully saturated rings. The van der Waals surface area contributed by atoms with E-state index in [9.17, 15) is 14.4 Å². The first-order valence-corrected chi connectivity index (χ1v) is 8.88. The maximum Gasteiger partial charge on any atom is 0.255 e. The normalized spacial score (nSPS) is 19.2. The fourth-order valence-electron chi connectivity index (χ4n) is 3.80. The number of fused-ring (bicyclic) bond motifs is 2. The van der Waals surface area contributed by atoms with Crippen molar-refractivity contribution >= 4 is 29.2 Å². The van der Waals surface area contributed by atoms with Gasteiger partial charge in [0.2, 0.25) is 11.8 Å². The lowest BCUT2D eigenvalue weighted by molar-refractivity contribution is -0.136. The third-order valence-electron chi connectivity index (χ3n) is 5.18. The van der Waals surface area contributed by atoms with Crippen molar-refractivity contribution in [2.45, 2.75) is 25.4 Å². The molecule has 28 heavy (non-hydrogen) atoms. The molecule has 140 valence electrons. The summed E-state index contributed by atoms with van der Waals surface area (Å²) in [5.41, 5.74) is 9.35. The second-order valence-electron chi connectivity index (χ2n) is 6.98. The summed E-state index contributed by atoms with van der Waals surface area (Å²) in [6.45, 7) is 0.328. The van der Waals surface area contributed by atoms with E-state index in [1.165, 1.54) is 4.90 Å².